The number of amides is 2. The summed E-state index contributed by atoms with van der Waals surface area (Å²) < 4.78 is 36.8. The van der Waals surface area contributed by atoms with Crippen molar-refractivity contribution in [3.8, 4) is 5.75 Å². The number of aromatic nitrogens is 2. The summed E-state index contributed by atoms with van der Waals surface area (Å²) in [6.45, 7) is 9.24. The summed E-state index contributed by atoms with van der Waals surface area (Å²) in [7, 11) is -2.01. The van der Waals surface area contributed by atoms with Crippen molar-refractivity contribution in [3.05, 3.63) is 53.7 Å². The normalized spacial score (nSPS) is 16.2. The van der Waals surface area contributed by atoms with E-state index in [9.17, 15) is 13.2 Å². The lowest BCUT2D eigenvalue weighted by molar-refractivity contribution is 0.0356. The number of urea groups is 1. The van der Waals surface area contributed by atoms with Gasteiger partial charge in [-0.05, 0) is 38.1 Å². The van der Waals surface area contributed by atoms with Crippen molar-refractivity contribution in [2.24, 2.45) is 0 Å². The fourth-order valence-corrected chi connectivity index (χ4v) is 6.24. The molecular formula is C29H36ClN7O5S. The summed E-state index contributed by atoms with van der Waals surface area (Å²) in [4.78, 5) is 28.0. The van der Waals surface area contributed by atoms with Gasteiger partial charge in [0.2, 0.25) is 5.95 Å². The zero-order valence-corrected chi connectivity index (χ0v) is 26.0. The minimum Gasteiger partial charge on any atom is -0.494 e. The lowest BCUT2D eigenvalue weighted by Crippen LogP contribution is -2.42. The average molecular weight is 630 g/mol. The van der Waals surface area contributed by atoms with E-state index >= 15 is 0 Å². The van der Waals surface area contributed by atoms with Crippen LogP contribution in [-0.2, 0) is 14.6 Å². The molecule has 12 nitrogen and oxygen atoms in total. The first-order valence-electron chi connectivity index (χ1n) is 14.1. The number of anilines is 5. The zero-order valence-electron chi connectivity index (χ0n) is 24.4. The van der Waals surface area contributed by atoms with Crippen molar-refractivity contribution in [1.82, 2.24) is 19.8 Å². The number of nitrogens with one attached hydrogen (secondary N) is 2. The van der Waals surface area contributed by atoms with E-state index in [1.807, 2.05) is 11.0 Å². The SMILES string of the molecule is COc1cc(N2CCN(CCN3CCOCC3)C2=O)ccc1Nc1ncc(Cl)c(Nc2ccccc2S(=O)(=O)C(C)C)n1. The highest BCUT2D eigenvalue weighted by Crippen LogP contribution is 2.34. The van der Waals surface area contributed by atoms with Gasteiger partial charge in [-0.25, -0.2) is 18.2 Å². The van der Waals surface area contributed by atoms with E-state index < -0.39 is 15.1 Å². The minimum atomic E-state index is -3.55. The van der Waals surface area contributed by atoms with Crippen LogP contribution in [-0.4, -0.2) is 99.1 Å². The molecule has 14 heteroatoms. The van der Waals surface area contributed by atoms with E-state index in [-0.39, 0.29) is 27.7 Å². The molecule has 2 aliphatic heterocycles. The van der Waals surface area contributed by atoms with Gasteiger partial charge in [0.1, 0.15) is 10.8 Å². The molecule has 3 heterocycles. The van der Waals surface area contributed by atoms with E-state index in [0.29, 0.717) is 36.8 Å². The molecule has 0 saturated carbocycles. The Morgan fingerprint density at radius 2 is 1.79 bits per heavy atom. The molecule has 2 N–H and O–H groups in total. The first-order valence-corrected chi connectivity index (χ1v) is 16.0. The Kier molecular flexibility index (Phi) is 9.55. The van der Waals surface area contributed by atoms with E-state index in [2.05, 4.69) is 25.5 Å². The molecule has 3 aromatic rings. The largest absolute Gasteiger partial charge is 0.494 e. The van der Waals surface area contributed by atoms with E-state index in [1.54, 1.807) is 62.3 Å². The molecule has 1 aromatic heterocycles. The van der Waals surface area contributed by atoms with E-state index in [1.165, 1.54) is 6.20 Å². The maximum Gasteiger partial charge on any atom is 0.324 e. The molecule has 2 saturated heterocycles. The minimum absolute atomic E-state index is 0.0347. The monoisotopic (exact) mass is 629 g/mol. The maximum atomic E-state index is 13.2. The molecule has 0 atom stereocenters. The Bertz CT molecular complexity index is 1570. The van der Waals surface area contributed by atoms with Crippen LogP contribution < -0.4 is 20.3 Å². The van der Waals surface area contributed by atoms with Crippen LogP contribution in [0.4, 0.5) is 33.6 Å². The first kappa shape index (κ1) is 30.8. The number of benzene rings is 2. The van der Waals surface area contributed by atoms with Gasteiger partial charge < -0.3 is 25.0 Å². The summed E-state index contributed by atoms with van der Waals surface area (Å²) >= 11 is 6.38. The van der Waals surface area contributed by atoms with Gasteiger partial charge in [0.05, 0.1) is 48.0 Å². The lowest BCUT2D eigenvalue weighted by atomic mass is 10.2. The molecule has 0 aliphatic carbocycles. The number of hydrogen-bond acceptors (Lipinski definition) is 10. The van der Waals surface area contributed by atoms with Gasteiger partial charge in [-0.2, -0.15) is 4.98 Å². The third-order valence-corrected chi connectivity index (χ3v) is 9.93. The highest BCUT2D eigenvalue weighted by atomic mass is 35.5. The highest BCUT2D eigenvalue weighted by molar-refractivity contribution is 7.92. The summed E-state index contributed by atoms with van der Waals surface area (Å²) in [5, 5.41) is 5.81. The number of ether oxygens (including phenoxy) is 2. The number of sulfone groups is 1. The molecule has 2 fully saturated rings. The number of methoxy groups -OCH3 is 1. The van der Waals surface area contributed by atoms with Crippen LogP contribution in [0, 0.1) is 0 Å². The highest BCUT2D eigenvalue weighted by Gasteiger charge is 2.30. The number of para-hydroxylation sites is 1. The zero-order chi connectivity index (χ0) is 30.6. The molecule has 2 amide bonds. The Balaban J connectivity index is 1.29. The smallest absolute Gasteiger partial charge is 0.324 e. The second-order valence-electron chi connectivity index (χ2n) is 10.5. The molecule has 2 aromatic carbocycles. The molecule has 0 unspecified atom stereocenters. The van der Waals surface area contributed by atoms with Crippen molar-refractivity contribution in [3.63, 3.8) is 0 Å². The number of carbonyl (C=O) groups is 1. The fourth-order valence-electron chi connectivity index (χ4n) is 4.90. The predicted octanol–water partition coefficient (Wildman–Crippen LogP) is 4.38. The number of morpholine rings is 1. The van der Waals surface area contributed by atoms with Crippen LogP contribution in [0.2, 0.25) is 5.02 Å². The van der Waals surface area contributed by atoms with E-state index in [4.69, 9.17) is 21.1 Å². The van der Waals surface area contributed by atoms with Crippen LogP contribution in [0.5, 0.6) is 5.75 Å². The summed E-state index contributed by atoms with van der Waals surface area (Å²) in [5.41, 5.74) is 1.67. The molecule has 0 spiro atoms. The number of rotatable bonds is 11. The third-order valence-electron chi connectivity index (χ3n) is 7.44. The third kappa shape index (κ3) is 6.96. The van der Waals surface area contributed by atoms with Crippen molar-refractivity contribution < 1.29 is 22.7 Å². The second kappa shape index (κ2) is 13.3. The Hall–Kier alpha value is -3.65. The molecule has 0 bridgehead atoms. The van der Waals surface area contributed by atoms with E-state index in [0.717, 1.165) is 38.5 Å². The van der Waals surface area contributed by atoms with Crippen LogP contribution >= 0.6 is 11.6 Å². The molecule has 5 rings (SSSR count). The summed E-state index contributed by atoms with van der Waals surface area (Å²) in [6.07, 6.45) is 1.42. The second-order valence-corrected chi connectivity index (χ2v) is 13.4. The number of hydrogen-bond donors (Lipinski definition) is 2. The van der Waals surface area contributed by atoms with Crippen LogP contribution in [0.25, 0.3) is 0 Å². The van der Waals surface area contributed by atoms with Crippen LogP contribution in [0.1, 0.15) is 13.8 Å². The number of nitrogens with zero attached hydrogens (tertiary/aromatic N) is 5. The van der Waals surface area contributed by atoms with Crippen molar-refractivity contribution in [1.29, 1.82) is 0 Å². The topological polar surface area (TPSA) is 129 Å². The molecule has 230 valence electrons. The van der Waals surface area contributed by atoms with Crippen LogP contribution in [0.3, 0.4) is 0 Å². The van der Waals surface area contributed by atoms with Gasteiger partial charge in [0.15, 0.2) is 15.7 Å². The molecule has 43 heavy (non-hydrogen) atoms. The molecule has 2 aliphatic rings. The summed E-state index contributed by atoms with van der Waals surface area (Å²) in [6, 6.07) is 12.0. The van der Waals surface area contributed by atoms with Gasteiger partial charge in [-0.1, -0.05) is 23.7 Å². The van der Waals surface area contributed by atoms with Crippen molar-refractivity contribution >= 4 is 56.3 Å². The average Bonchev–Trinajstić information content (AvgIpc) is 3.38. The van der Waals surface area contributed by atoms with Gasteiger partial charge >= 0.3 is 6.03 Å². The standard InChI is InChI=1S/C29H36ClN7O5S/c1-20(2)43(39,40)26-7-5-4-6-24(26)32-27-22(30)19-31-28(34-27)33-23-9-8-21(18-25(23)41-3)37-13-12-36(29(37)38)11-10-35-14-16-42-17-15-35/h4-9,18-20H,10-17H2,1-3H3,(H2,31,32,33,34). The van der Waals surface area contributed by atoms with Crippen molar-refractivity contribution in [2.45, 2.75) is 24.0 Å². The molecule has 0 radical (unpaired) electrons. The fraction of sp³-hybridized carbons (Fsp3) is 0.414. The Morgan fingerprint density at radius 1 is 1.02 bits per heavy atom. The Labute approximate surface area is 256 Å². The lowest BCUT2D eigenvalue weighted by Gasteiger charge is -2.28. The number of halogens is 1. The predicted molar refractivity (Wildman–Crippen MR) is 167 cm³/mol. The van der Waals surface area contributed by atoms with Gasteiger partial charge in [0.25, 0.3) is 0 Å². The number of carbonyl (C=O) groups excluding carboxylic acids is 1. The van der Waals surface area contributed by atoms with Gasteiger partial charge in [-0.15, -0.1) is 0 Å². The van der Waals surface area contributed by atoms with Crippen molar-refractivity contribution in [2.75, 3.05) is 75.1 Å². The molecular weight excluding hydrogens is 594 g/mol. The Morgan fingerprint density at radius 3 is 2.53 bits per heavy atom. The summed E-state index contributed by atoms with van der Waals surface area (Å²) in [5.74, 6) is 0.952. The van der Waals surface area contributed by atoms with Gasteiger partial charge in [0, 0.05) is 51.0 Å². The first-order chi connectivity index (χ1) is 20.7. The maximum absolute atomic E-state index is 13.2. The quantitative estimate of drug-likeness (QED) is 0.315. The van der Waals surface area contributed by atoms with Crippen LogP contribution in [0.15, 0.2) is 53.6 Å². The van der Waals surface area contributed by atoms with Gasteiger partial charge in [-0.3, -0.25) is 9.80 Å².